The molecule has 1 aromatic carbocycles. The number of hydrogen-bond acceptors (Lipinski definition) is 1. The molecule has 1 heteroatoms. The van der Waals surface area contributed by atoms with Gasteiger partial charge in [-0.2, -0.15) is 0 Å². The molecule has 1 aromatic rings. The molecule has 0 aliphatic heterocycles. The average molecular weight is 248 g/mol. The molecule has 0 heterocycles. The molecule has 0 nitrogen and oxygen atoms in total. The van der Waals surface area contributed by atoms with Crippen molar-refractivity contribution in [3.63, 3.8) is 0 Å². The first kappa shape index (κ1) is 13.0. The molecule has 0 atom stereocenters. The summed E-state index contributed by atoms with van der Waals surface area (Å²) in [6.45, 7) is 13.9. The Hall–Kier alpha value is -0.430. The maximum atomic E-state index is 2.44. The highest BCUT2D eigenvalue weighted by Gasteiger charge is 2.30. The lowest BCUT2D eigenvalue weighted by Gasteiger charge is -2.23. The van der Waals surface area contributed by atoms with Gasteiger partial charge in [0, 0.05) is 9.64 Å². The minimum absolute atomic E-state index is 0.299. The smallest absolute Gasteiger partial charge is 0.0122 e. The van der Waals surface area contributed by atoms with E-state index in [0.29, 0.717) is 10.2 Å². The van der Waals surface area contributed by atoms with Gasteiger partial charge in [-0.15, -0.1) is 11.8 Å². The monoisotopic (exact) mass is 248 g/mol. The lowest BCUT2D eigenvalue weighted by atomic mass is 9.86. The number of fused-ring (bicyclic) bond motifs is 1. The summed E-state index contributed by atoms with van der Waals surface area (Å²) in [5, 5.41) is 0. The fourth-order valence-electron chi connectivity index (χ4n) is 2.59. The van der Waals surface area contributed by atoms with Gasteiger partial charge in [0.05, 0.1) is 0 Å². The summed E-state index contributed by atoms with van der Waals surface area (Å²) in [7, 11) is 0. The van der Waals surface area contributed by atoms with E-state index in [1.165, 1.54) is 23.3 Å². The second-order valence-electron chi connectivity index (χ2n) is 6.87. The predicted octanol–water partition coefficient (Wildman–Crippen LogP) is 5.11. The lowest BCUT2D eigenvalue weighted by Crippen LogP contribution is -2.12. The van der Waals surface area contributed by atoms with E-state index in [9.17, 15) is 0 Å². The molecule has 1 aliphatic carbocycles. The predicted molar refractivity (Wildman–Crippen MR) is 78.1 cm³/mol. The number of hydrogen-bond donors (Lipinski definition) is 0. The molecule has 0 N–H and O–H groups in total. The number of benzene rings is 1. The third kappa shape index (κ3) is 2.70. The zero-order valence-corrected chi connectivity index (χ0v) is 12.8. The van der Waals surface area contributed by atoms with Crippen LogP contribution in [0.15, 0.2) is 17.0 Å². The zero-order chi connectivity index (χ0) is 12.8. The third-order valence-electron chi connectivity index (χ3n) is 3.57. The van der Waals surface area contributed by atoms with Crippen molar-refractivity contribution in [2.24, 2.45) is 0 Å². The quantitative estimate of drug-likeness (QED) is 0.622. The van der Waals surface area contributed by atoms with Gasteiger partial charge in [-0.1, -0.05) is 40.7 Å². The van der Waals surface area contributed by atoms with Crippen LogP contribution < -0.4 is 0 Å². The van der Waals surface area contributed by atoms with Gasteiger partial charge in [-0.3, -0.25) is 0 Å². The SMILES string of the molecule is Cc1cc2c(cc1SC(C)(C)C)CCC2(C)C. The standard InChI is InChI=1S/C16H24S/c1-11-9-13-12(7-8-16(13,5)6)10-14(11)17-15(2,3)4/h9-10H,7-8H2,1-6H3. The van der Waals surface area contributed by atoms with E-state index in [4.69, 9.17) is 0 Å². The Bertz CT molecular complexity index is 436. The van der Waals surface area contributed by atoms with Gasteiger partial charge in [-0.25, -0.2) is 0 Å². The molecule has 0 radical (unpaired) electrons. The van der Waals surface area contributed by atoms with Crippen LogP contribution in [0, 0.1) is 6.92 Å². The van der Waals surface area contributed by atoms with Crippen molar-refractivity contribution in [3.8, 4) is 0 Å². The summed E-state index contributed by atoms with van der Waals surface area (Å²) in [6.07, 6.45) is 2.55. The second-order valence-corrected chi connectivity index (χ2v) is 8.74. The van der Waals surface area contributed by atoms with E-state index in [2.05, 4.69) is 53.7 Å². The van der Waals surface area contributed by atoms with E-state index in [1.807, 2.05) is 11.8 Å². The first-order valence-electron chi connectivity index (χ1n) is 6.52. The van der Waals surface area contributed by atoms with E-state index in [1.54, 1.807) is 11.1 Å². The van der Waals surface area contributed by atoms with Gasteiger partial charge >= 0.3 is 0 Å². The van der Waals surface area contributed by atoms with Crippen LogP contribution in [0.1, 0.15) is 57.7 Å². The van der Waals surface area contributed by atoms with Crippen LogP contribution >= 0.6 is 11.8 Å². The lowest BCUT2D eigenvalue weighted by molar-refractivity contribution is 0.522. The van der Waals surface area contributed by atoms with Gasteiger partial charge in [0.15, 0.2) is 0 Å². The molecule has 0 unspecified atom stereocenters. The van der Waals surface area contributed by atoms with E-state index in [-0.39, 0.29) is 0 Å². The largest absolute Gasteiger partial charge is 0.120 e. The van der Waals surface area contributed by atoms with Gasteiger partial charge in [0.2, 0.25) is 0 Å². The molecule has 0 bridgehead atoms. The Balaban J connectivity index is 2.41. The summed E-state index contributed by atoms with van der Waals surface area (Å²) in [5.74, 6) is 0. The summed E-state index contributed by atoms with van der Waals surface area (Å²) in [6, 6.07) is 4.87. The molecule has 17 heavy (non-hydrogen) atoms. The molecule has 0 spiro atoms. The van der Waals surface area contributed by atoms with Gasteiger partial charge in [-0.05, 0) is 47.9 Å². The van der Waals surface area contributed by atoms with Crippen LogP contribution in [0.2, 0.25) is 0 Å². The van der Waals surface area contributed by atoms with Crippen molar-refractivity contribution in [2.75, 3.05) is 0 Å². The Kier molecular flexibility index (Phi) is 3.10. The van der Waals surface area contributed by atoms with Crippen LogP contribution in [0.25, 0.3) is 0 Å². The first-order valence-corrected chi connectivity index (χ1v) is 7.34. The summed E-state index contributed by atoms with van der Waals surface area (Å²) in [4.78, 5) is 1.47. The molecule has 2 rings (SSSR count). The number of rotatable bonds is 1. The van der Waals surface area contributed by atoms with Crippen LogP contribution in [0.3, 0.4) is 0 Å². The molecular weight excluding hydrogens is 224 g/mol. The van der Waals surface area contributed by atoms with Crippen molar-refractivity contribution in [1.29, 1.82) is 0 Å². The fourth-order valence-corrected chi connectivity index (χ4v) is 3.67. The molecule has 0 fully saturated rings. The van der Waals surface area contributed by atoms with Crippen LogP contribution in [0.4, 0.5) is 0 Å². The zero-order valence-electron chi connectivity index (χ0n) is 12.0. The van der Waals surface area contributed by atoms with E-state index < -0.39 is 0 Å². The maximum Gasteiger partial charge on any atom is 0.0122 e. The summed E-state index contributed by atoms with van der Waals surface area (Å²) in [5.41, 5.74) is 4.98. The first-order chi connectivity index (χ1) is 7.69. The van der Waals surface area contributed by atoms with Crippen molar-refractivity contribution < 1.29 is 0 Å². The molecule has 0 aromatic heterocycles. The molecule has 0 saturated carbocycles. The van der Waals surface area contributed by atoms with Crippen LogP contribution in [-0.2, 0) is 11.8 Å². The molecule has 0 saturated heterocycles. The highest BCUT2D eigenvalue weighted by Crippen LogP contribution is 2.43. The molecular formula is C16H24S. The summed E-state index contributed by atoms with van der Waals surface area (Å²) >= 11 is 1.99. The Morgan fingerprint density at radius 1 is 1.18 bits per heavy atom. The van der Waals surface area contributed by atoms with Gasteiger partial charge < -0.3 is 0 Å². The van der Waals surface area contributed by atoms with Crippen molar-refractivity contribution in [2.45, 2.75) is 69.4 Å². The van der Waals surface area contributed by atoms with Crippen molar-refractivity contribution in [1.82, 2.24) is 0 Å². The minimum atomic E-state index is 0.299. The Morgan fingerprint density at radius 2 is 1.82 bits per heavy atom. The van der Waals surface area contributed by atoms with E-state index >= 15 is 0 Å². The Morgan fingerprint density at radius 3 is 2.41 bits per heavy atom. The average Bonchev–Trinajstić information content (AvgIpc) is 2.42. The topological polar surface area (TPSA) is 0 Å². The number of aryl methyl sites for hydroxylation is 2. The number of thioether (sulfide) groups is 1. The third-order valence-corrected chi connectivity index (χ3v) is 4.84. The highest BCUT2D eigenvalue weighted by atomic mass is 32.2. The maximum absolute atomic E-state index is 2.44. The van der Waals surface area contributed by atoms with Crippen LogP contribution in [-0.4, -0.2) is 4.75 Å². The van der Waals surface area contributed by atoms with Crippen molar-refractivity contribution in [3.05, 3.63) is 28.8 Å². The highest BCUT2D eigenvalue weighted by molar-refractivity contribution is 8.00. The fraction of sp³-hybridized carbons (Fsp3) is 0.625. The van der Waals surface area contributed by atoms with Gasteiger partial charge in [0.1, 0.15) is 0 Å². The van der Waals surface area contributed by atoms with E-state index in [0.717, 1.165) is 0 Å². The Labute approximate surface area is 110 Å². The normalized spacial score (nSPS) is 18.2. The molecule has 94 valence electrons. The van der Waals surface area contributed by atoms with Crippen LogP contribution in [0.5, 0.6) is 0 Å². The molecule has 1 aliphatic rings. The van der Waals surface area contributed by atoms with Gasteiger partial charge in [0.25, 0.3) is 0 Å². The van der Waals surface area contributed by atoms with Crippen molar-refractivity contribution >= 4 is 11.8 Å². The minimum Gasteiger partial charge on any atom is -0.120 e. The molecule has 0 amide bonds. The second kappa shape index (κ2) is 4.05. The summed E-state index contributed by atoms with van der Waals surface area (Å²) < 4.78 is 0.299.